The monoisotopic (exact) mass is 333 g/mol. The summed E-state index contributed by atoms with van der Waals surface area (Å²) in [5.41, 5.74) is 0.312. The first-order valence-corrected chi connectivity index (χ1v) is 6.71. The summed E-state index contributed by atoms with van der Waals surface area (Å²) in [6.07, 6.45) is 2.65. The Hall–Kier alpha value is -3.29. The molecule has 3 aromatic rings. The van der Waals surface area contributed by atoms with Crippen molar-refractivity contribution in [1.29, 1.82) is 0 Å². The molecule has 1 heterocycles. The summed E-state index contributed by atoms with van der Waals surface area (Å²) in [5.74, 6) is -2.95. The summed E-state index contributed by atoms with van der Waals surface area (Å²) >= 11 is 0. The van der Waals surface area contributed by atoms with Crippen molar-refractivity contribution in [1.82, 2.24) is 9.78 Å². The van der Waals surface area contributed by atoms with E-state index in [2.05, 4.69) is 10.3 Å². The largest absolute Gasteiger partial charge is 0.507 e. The zero-order valence-electron chi connectivity index (χ0n) is 12.0. The number of phenolic OH excluding ortho intramolecular Hbond substituents is 1. The van der Waals surface area contributed by atoms with Crippen LogP contribution in [0.4, 0.5) is 13.2 Å². The summed E-state index contributed by atoms with van der Waals surface area (Å²) < 4.78 is 40.9. The van der Waals surface area contributed by atoms with Crippen LogP contribution < -0.4 is 0 Å². The van der Waals surface area contributed by atoms with E-state index in [9.17, 15) is 23.5 Å². The Balaban J connectivity index is 2.02. The molecule has 0 bridgehead atoms. The first kappa shape index (κ1) is 15.6. The number of nitrogens with zero attached hydrogens (tertiary/aromatic N) is 3. The van der Waals surface area contributed by atoms with Crippen LogP contribution in [0.15, 0.2) is 53.9 Å². The van der Waals surface area contributed by atoms with Crippen LogP contribution in [0.5, 0.6) is 5.75 Å². The van der Waals surface area contributed by atoms with Crippen molar-refractivity contribution in [2.45, 2.75) is 0 Å². The molecule has 0 aliphatic rings. The van der Waals surface area contributed by atoms with Crippen LogP contribution >= 0.6 is 0 Å². The molecule has 2 N–H and O–H groups in total. The Labute approximate surface area is 133 Å². The maximum atomic E-state index is 13.4. The van der Waals surface area contributed by atoms with Crippen molar-refractivity contribution in [2.75, 3.05) is 0 Å². The minimum absolute atomic E-state index is 0.0395. The zero-order chi connectivity index (χ0) is 17.3. The SMILES string of the molecule is O/N=C(/c1cnn(-c2ccc(F)c(F)c2)c1)c1cc(F)ccc1O. The minimum atomic E-state index is -1.04. The van der Waals surface area contributed by atoms with Crippen LogP contribution in [-0.2, 0) is 0 Å². The summed E-state index contributed by atoms with van der Waals surface area (Å²) in [7, 11) is 0. The number of aromatic hydroxyl groups is 1. The van der Waals surface area contributed by atoms with Crippen LogP contribution in [0.3, 0.4) is 0 Å². The number of benzene rings is 2. The van der Waals surface area contributed by atoms with Crippen molar-refractivity contribution in [3.8, 4) is 11.4 Å². The Morgan fingerprint density at radius 3 is 2.54 bits per heavy atom. The fourth-order valence-corrected chi connectivity index (χ4v) is 2.18. The fraction of sp³-hybridized carbons (Fsp3) is 0. The fourth-order valence-electron chi connectivity index (χ4n) is 2.18. The highest BCUT2D eigenvalue weighted by Gasteiger charge is 2.16. The molecule has 5 nitrogen and oxygen atoms in total. The summed E-state index contributed by atoms with van der Waals surface area (Å²) in [6.45, 7) is 0. The molecule has 0 aliphatic carbocycles. The molecule has 3 rings (SSSR count). The average Bonchev–Trinajstić information content (AvgIpc) is 3.04. The van der Waals surface area contributed by atoms with Gasteiger partial charge in [-0.25, -0.2) is 17.9 Å². The Morgan fingerprint density at radius 2 is 1.83 bits per heavy atom. The molecule has 0 fully saturated rings. The van der Waals surface area contributed by atoms with E-state index in [0.717, 1.165) is 30.3 Å². The Kier molecular flexibility index (Phi) is 3.95. The normalized spacial score (nSPS) is 11.7. The van der Waals surface area contributed by atoms with Crippen LogP contribution in [0.1, 0.15) is 11.1 Å². The van der Waals surface area contributed by atoms with Crippen molar-refractivity contribution in [3.05, 3.63) is 77.4 Å². The molecule has 1 aromatic heterocycles. The molecule has 0 amide bonds. The highest BCUT2D eigenvalue weighted by molar-refractivity contribution is 6.13. The van der Waals surface area contributed by atoms with E-state index in [-0.39, 0.29) is 28.3 Å². The second kappa shape index (κ2) is 6.07. The summed E-state index contributed by atoms with van der Waals surface area (Å²) in [5, 5.41) is 26.1. The molecule has 0 saturated heterocycles. The number of oxime groups is 1. The van der Waals surface area contributed by atoms with E-state index in [1.165, 1.54) is 23.1 Å². The Morgan fingerprint density at radius 1 is 1.04 bits per heavy atom. The Bertz CT molecular complexity index is 938. The van der Waals surface area contributed by atoms with Gasteiger partial charge in [-0.1, -0.05) is 5.16 Å². The number of hydrogen-bond donors (Lipinski definition) is 2. The van der Waals surface area contributed by atoms with E-state index < -0.39 is 17.5 Å². The lowest BCUT2D eigenvalue weighted by atomic mass is 10.0. The smallest absolute Gasteiger partial charge is 0.160 e. The molecule has 0 aliphatic heterocycles. The first-order chi connectivity index (χ1) is 11.5. The summed E-state index contributed by atoms with van der Waals surface area (Å²) in [6, 6.07) is 6.38. The quantitative estimate of drug-likeness (QED) is 0.439. The number of rotatable bonds is 3. The third-order valence-corrected chi connectivity index (χ3v) is 3.34. The maximum absolute atomic E-state index is 13.4. The molecular formula is C16H10F3N3O2. The number of hydrogen-bond acceptors (Lipinski definition) is 4. The van der Waals surface area contributed by atoms with Crippen molar-refractivity contribution in [3.63, 3.8) is 0 Å². The van der Waals surface area contributed by atoms with Gasteiger partial charge in [0, 0.05) is 23.4 Å². The standard InChI is InChI=1S/C16H10F3N3O2/c17-10-1-4-15(23)12(5-10)16(21-24)9-7-20-22(8-9)11-2-3-13(18)14(19)6-11/h1-8,23-24H/b21-16-. The van der Waals surface area contributed by atoms with Crippen LogP contribution in [0.2, 0.25) is 0 Å². The third kappa shape index (κ3) is 2.81. The predicted octanol–water partition coefficient (Wildman–Crippen LogP) is 3.22. The van der Waals surface area contributed by atoms with Crippen LogP contribution in [0.25, 0.3) is 5.69 Å². The van der Waals surface area contributed by atoms with Gasteiger partial charge in [-0.2, -0.15) is 5.10 Å². The molecule has 8 heteroatoms. The number of phenols is 1. The van der Waals surface area contributed by atoms with Crippen LogP contribution in [-0.4, -0.2) is 25.8 Å². The van der Waals surface area contributed by atoms with Crippen molar-refractivity contribution in [2.24, 2.45) is 5.16 Å². The lowest BCUT2D eigenvalue weighted by Gasteiger charge is -2.05. The lowest BCUT2D eigenvalue weighted by molar-refractivity contribution is 0.319. The minimum Gasteiger partial charge on any atom is -0.507 e. The van der Waals surface area contributed by atoms with E-state index in [0.29, 0.717) is 0 Å². The second-order valence-corrected chi connectivity index (χ2v) is 4.88. The molecular weight excluding hydrogens is 323 g/mol. The van der Waals surface area contributed by atoms with Crippen molar-refractivity contribution >= 4 is 5.71 Å². The molecule has 2 aromatic carbocycles. The highest BCUT2D eigenvalue weighted by atomic mass is 19.2. The molecule has 24 heavy (non-hydrogen) atoms. The molecule has 0 atom stereocenters. The molecule has 122 valence electrons. The molecule has 0 unspecified atom stereocenters. The van der Waals surface area contributed by atoms with Gasteiger partial charge >= 0.3 is 0 Å². The van der Waals surface area contributed by atoms with Crippen molar-refractivity contribution < 1.29 is 23.5 Å². The van der Waals surface area contributed by atoms with E-state index in [1.54, 1.807) is 0 Å². The predicted molar refractivity (Wildman–Crippen MR) is 79.0 cm³/mol. The van der Waals surface area contributed by atoms with E-state index in [1.807, 2.05) is 0 Å². The van der Waals surface area contributed by atoms with Gasteiger partial charge in [0.05, 0.1) is 11.9 Å². The maximum Gasteiger partial charge on any atom is 0.160 e. The average molecular weight is 333 g/mol. The van der Waals surface area contributed by atoms with Gasteiger partial charge < -0.3 is 10.3 Å². The van der Waals surface area contributed by atoms with Gasteiger partial charge in [-0.3, -0.25) is 0 Å². The van der Waals surface area contributed by atoms with Gasteiger partial charge in [0.1, 0.15) is 17.3 Å². The third-order valence-electron chi connectivity index (χ3n) is 3.34. The van der Waals surface area contributed by atoms with E-state index in [4.69, 9.17) is 0 Å². The van der Waals surface area contributed by atoms with Crippen LogP contribution in [0, 0.1) is 17.5 Å². The van der Waals surface area contributed by atoms with Gasteiger partial charge in [0.2, 0.25) is 0 Å². The van der Waals surface area contributed by atoms with E-state index >= 15 is 0 Å². The number of halogens is 3. The molecule has 0 saturated carbocycles. The summed E-state index contributed by atoms with van der Waals surface area (Å²) in [4.78, 5) is 0. The highest BCUT2D eigenvalue weighted by Crippen LogP contribution is 2.23. The number of aromatic nitrogens is 2. The zero-order valence-corrected chi connectivity index (χ0v) is 12.0. The van der Waals surface area contributed by atoms with Gasteiger partial charge in [0.25, 0.3) is 0 Å². The second-order valence-electron chi connectivity index (χ2n) is 4.88. The topological polar surface area (TPSA) is 70.6 Å². The molecule has 0 radical (unpaired) electrons. The lowest BCUT2D eigenvalue weighted by Crippen LogP contribution is -2.03. The van der Waals surface area contributed by atoms with Gasteiger partial charge in [0.15, 0.2) is 11.6 Å². The van der Waals surface area contributed by atoms with Gasteiger partial charge in [-0.15, -0.1) is 0 Å². The molecule has 0 spiro atoms. The van der Waals surface area contributed by atoms with Gasteiger partial charge in [-0.05, 0) is 30.3 Å². The first-order valence-electron chi connectivity index (χ1n) is 6.71.